The van der Waals surface area contributed by atoms with Gasteiger partial charge in [-0.2, -0.15) is 0 Å². The number of amides is 1. The van der Waals surface area contributed by atoms with E-state index < -0.39 is 12.2 Å². The smallest absolute Gasteiger partial charge is 0.263 e. The van der Waals surface area contributed by atoms with Gasteiger partial charge in [0, 0.05) is 20.7 Å². The fourth-order valence-electron chi connectivity index (χ4n) is 1.72. The maximum atomic E-state index is 12.0. The summed E-state index contributed by atoms with van der Waals surface area (Å²) < 4.78 is 10.4. The number of rotatable bonds is 7. The molecule has 0 aliphatic heterocycles. The molecule has 5 nitrogen and oxygen atoms in total. The molecule has 0 fully saturated rings. The van der Waals surface area contributed by atoms with Crippen LogP contribution in [-0.4, -0.2) is 55.4 Å². The first-order chi connectivity index (χ1) is 9.04. The highest BCUT2D eigenvalue weighted by Crippen LogP contribution is 2.11. The minimum absolute atomic E-state index is 0.181. The SMILES string of the molecule is COCC(O)CN(C)C(=O)C(C)Oc1ccccc1. The van der Waals surface area contributed by atoms with Crippen LogP contribution in [-0.2, 0) is 9.53 Å². The lowest BCUT2D eigenvalue weighted by atomic mass is 10.3. The second-order valence-corrected chi connectivity index (χ2v) is 4.40. The Bertz CT molecular complexity index is 382. The van der Waals surface area contributed by atoms with Gasteiger partial charge in [-0.15, -0.1) is 0 Å². The van der Waals surface area contributed by atoms with Gasteiger partial charge < -0.3 is 19.5 Å². The fourth-order valence-corrected chi connectivity index (χ4v) is 1.72. The molecule has 5 heteroatoms. The summed E-state index contributed by atoms with van der Waals surface area (Å²) in [5, 5.41) is 9.58. The standard InChI is InChI=1S/C14H21NO4/c1-11(19-13-7-5-4-6-8-13)14(17)15(2)9-12(16)10-18-3/h4-8,11-12,16H,9-10H2,1-3H3. The van der Waals surface area contributed by atoms with Crippen molar-refractivity contribution in [2.24, 2.45) is 0 Å². The number of aliphatic hydroxyl groups excluding tert-OH is 1. The Morgan fingerprint density at radius 1 is 1.37 bits per heavy atom. The van der Waals surface area contributed by atoms with E-state index in [1.54, 1.807) is 26.1 Å². The average Bonchev–Trinajstić information content (AvgIpc) is 2.39. The number of likely N-dealkylation sites (N-methyl/N-ethyl adjacent to an activating group) is 1. The third-order valence-corrected chi connectivity index (χ3v) is 2.62. The van der Waals surface area contributed by atoms with Crippen LogP contribution < -0.4 is 4.74 Å². The molecule has 0 aliphatic rings. The van der Waals surface area contributed by atoms with Crippen LogP contribution in [0.4, 0.5) is 0 Å². The Hall–Kier alpha value is -1.59. The summed E-state index contributed by atoms with van der Waals surface area (Å²) in [5.74, 6) is 0.466. The minimum atomic E-state index is -0.692. The van der Waals surface area contributed by atoms with Crippen LogP contribution in [0.5, 0.6) is 5.75 Å². The molecule has 0 saturated carbocycles. The van der Waals surface area contributed by atoms with Crippen molar-refractivity contribution >= 4 is 5.91 Å². The van der Waals surface area contributed by atoms with Crippen LogP contribution in [0.3, 0.4) is 0 Å². The molecule has 0 heterocycles. The lowest BCUT2D eigenvalue weighted by Crippen LogP contribution is -2.42. The molecular weight excluding hydrogens is 246 g/mol. The van der Waals surface area contributed by atoms with Gasteiger partial charge in [0.05, 0.1) is 12.7 Å². The summed E-state index contributed by atoms with van der Waals surface area (Å²) >= 11 is 0. The quantitative estimate of drug-likeness (QED) is 0.798. The zero-order valence-electron chi connectivity index (χ0n) is 11.6. The molecule has 0 aromatic heterocycles. The number of hydrogen-bond donors (Lipinski definition) is 1. The van der Waals surface area contributed by atoms with E-state index >= 15 is 0 Å². The van der Waals surface area contributed by atoms with Crippen LogP contribution in [0.15, 0.2) is 30.3 Å². The van der Waals surface area contributed by atoms with E-state index in [0.717, 1.165) is 0 Å². The molecule has 0 radical (unpaired) electrons. The van der Waals surface area contributed by atoms with E-state index in [0.29, 0.717) is 5.75 Å². The molecule has 1 rings (SSSR count). The molecular formula is C14H21NO4. The Balaban J connectivity index is 2.47. The van der Waals surface area contributed by atoms with E-state index in [9.17, 15) is 9.90 Å². The van der Waals surface area contributed by atoms with E-state index in [1.165, 1.54) is 12.0 Å². The van der Waals surface area contributed by atoms with E-state index in [-0.39, 0.29) is 19.1 Å². The molecule has 1 N–H and O–H groups in total. The number of para-hydroxylation sites is 1. The highest BCUT2D eigenvalue weighted by Gasteiger charge is 2.21. The predicted octanol–water partition coefficient (Wildman–Crippen LogP) is 0.920. The normalized spacial score (nSPS) is 13.7. The van der Waals surface area contributed by atoms with Crippen molar-refractivity contribution in [2.75, 3.05) is 27.3 Å². The Morgan fingerprint density at radius 3 is 2.58 bits per heavy atom. The number of methoxy groups -OCH3 is 1. The van der Waals surface area contributed by atoms with E-state index in [4.69, 9.17) is 9.47 Å². The molecule has 1 amide bonds. The lowest BCUT2D eigenvalue weighted by molar-refractivity contribution is -0.138. The highest BCUT2D eigenvalue weighted by molar-refractivity contribution is 5.80. The summed E-state index contributed by atoms with van der Waals surface area (Å²) in [5.41, 5.74) is 0. The Kier molecular flexibility index (Phi) is 6.32. The van der Waals surface area contributed by atoms with Crippen LogP contribution in [0.1, 0.15) is 6.92 Å². The average molecular weight is 267 g/mol. The van der Waals surface area contributed by atoms with Gasteiger partial charge in [0.25, 0.3) is 5.91 Å². The molecule has 0 aliphatic carbocycles. The molecule has 2 atom stereocenters. The zero-order valence-corrected chi connectivity index (χ0v) is 11.6. The predicted molar refractivity (Wildman–Crippen MR) is 72.1 cm³/mol. The zero-order chi connectivity index (χ0) is 14.3. The Labute approximate surface area is 113 Å². The van der Waals surface area contributed by atoms with E-state index in [1.807, 2.05) is 18.2 Å². The highest BCUT2D eigenvalue weighted by atomic mass is 16.5. The number of hydrogen-bond acceptors (Lipinski definition) is 4. The van der Waals surface area contributed by atoms with Crippen molar-refractivity contribution in [3.8, 4) is 5.75 Å². The van der Waals surface area contributed by atoms with Crippen molar-refractivity contribution in [1.82, 2.24) is 4.90 Å². The maximum Gasteiger partial charge on any atom is 0.263 e. The monoisotopic (exact) mass is 267 g/mol. The van der Waals surface area contributed by atoms with Gasteiger partial charge in [-0.25, -0.2) is 0 Å². The van der Waals surface area contributed by atoms with Gasteiger partial charge in [0.2, 0.25) is 0 Å². The van der Waals surface area contributed by atoms with Gasteiger partial charge in [-0.3, -0.25) is 4.79 Å². The topological polar surface area (TPSA) is 59.0 Å². The number of nitrogens with zero attached hydrogens (tertiary/aromatic N) is 1. The van der Waals surface area contributed by atoms with Gasteiger partial charge in [-0.1, -0.05) is 18.2 Å². The maximum absolute atomic E-state index is 12.0. The second kappa shape index (κ2) is 7.76. The van der Waals surface area contributed by atoms with Gasteiger partial charge in [0.1, 0.15) is 5.75 Å². The minimum Gasteiger partial charge on any atom is -0.481 e. The van der Waals surface area contributed by atoms with Crippen molar-refractivity contribution < 1.29 is 19.4 Å². The summed E-state index contributed by atoms with van der Waals surface area (Å²) in [6, 6.07) is 9.16. The van der Waals surface area contributed by atoms with Crippen molar-refractivity contribution in [1.29, 1.82) is 0 Å². The Morgan fingerprint density at radius 2 is 2.00 bits per heavy atom. The first-order valence-electron chi connectivity index (χ1n) is 6.18. The first-order valence-corrected chi connectivity index (χ1v) is 6.18. The number of carbonyl (C=O) groups excluding carboxylic acids is 1. The fraction of sp³-hybridized carbons (Fsp3) is 0.500. The molecule has 0 saturated heterocycles. The van der Waals surface area contributed by atoms with Crippen molar-refractivity contribution in [3.05, 3.63) is 30.3 Å². The second-order valence-electron chi connectivity index (χ2n) is 4.40. The van der Waals surface area contributed by atoms with Gasteiger partial charge >= 0.3 is 0 Å². The lowest BCUT2D eigenvalue weighted by Gasteiger charge is -2.24. The van der Waals surface area contributed by atoms with Crippen LogP contribution in [0.25, 0.3) is 0 Å². The molecule has 2 unspecified atom stereocenters. The molecule has 1 aromatic carbocycles. The molecule has 106 valence electrons. The largest absolute Gasteiger partial charge is 0.481 e. The van der Waals surface area contributed by atoms with Gasteiger partial charge in [-0.05, 0) is 19.1 Å². The van der Waals surface area contributed by atoms with Crippen LogP contribution in [0.2, 0.25) is 0 Å². The molecule has 0 bridgehead atoms. The summed E-state index contributed by atoms with van der Waals surface area (Å²) in [4.78, 5) is 13.5. The van der Waals surface area contributed by atoms with E-state index in [2.05, 4.69) is 0 Å². The molecule has 19 heavy (non-hydrogen) atoms. The van der Waals surface area contributed by atoms with Crippen molar-refractivity contribution in [3.63, 3.8) is 0 Å². The molecule has 1 aromatic rings. The van der Waals surface area contributed by atoms with Gasteiger partial charge in [0.15, 0.2) is 6.10 Å². The number of aliphatic hydroxyl groups is 1. The first kappa shape index (κ1) is 15.5. The third-order valence-electron chi connectivity index (χ3n) is 2.62. The summed E-state index contributed by atoms with van der Waals surface area (Å²) in [6.45, 7) is 2.11. The third kappa shape index (κ3) is 5.28. The summed E-state index contributed by atoms with van der Waals surface area (Å²) in [6.07, 6.45) is -1.29. The van der Waals surface area contributed by atoms with Crippen LogP contribution in [0, 0.1) is 0 Å². The number of ether oxygens (including phenoxy) is 2. The van der Waals surface area contributed by atoms with Crippen LogP contribution >= 0.6 is 0 Å². The van der Waals surface area contributed by atoms with Crippen molar-refractivity contribution in [2.45, 2.75) is 19.1 Å². The summed E-state index contributed by atoms with van der Waals surface area (Å²) in [7, 11) is 3.14. The molecule has 0 spiro atoms. The number of carbonyl (C=O) groups is 1. The number of benzene rings is 1.